The minimum absolute atomic E-state index is 0.0958. The summed E-state index contributed by atoms with van der Waals surface area (Å²) in [7, 11) is -3.67. The first-order valence-corrected chi connectivity index (χ1v) is 6.81. The molecule has 0 aliphatic heterocycles. The Kier molecular flexibility index (Phi) is 3.85. The molecule has 2 rings (SSSR count). The second-order valence-corrected chi connectivity index (χ2v) is 5.26. The molecule has 0 saturated heterocycles. The van der Waals surface area contributed by atoms with Gasteiger partial charge in [0.2, 0.25) is 0 Å². The summed E-state index contributed by atoms with van der Waals surface area (Å²) in [5, 5.41) is 14.8. The normalized spacial score (nSPS) is 10.6. The van der Waals surface area contributed by atoms with Crippen LogP contribution in [0.2, 0.25) is 0 Å². The summed E-state index contributed by atoms with van der Waals surface area (Å²) in [5.74, 6) is 5.12. The molecule has 7 heteroatoms. The van der Waals surface area contributed by atoms with E-state index in [1.165, 1.54) is 24.5 Å². The molecule has 0 spiro atoms. The van der Waals surface area contributed by atoms with Gasteiger partial charge in [-0.2, -0.15) is 5.10 Å². The van der Waals surface area contributed by atoms with Crippen LogP contribution in [-0.4, -0.2) is 30.3 Å². The van der Waals surface area contributed by atoms with Gasteiger partial charge in [0, 0.05) is 11.8 Å². The van der Waals surface area contributed by atoms with Crippen LogP contribution in [0.1, 0.15) is 5.56 Å². The van der Waals surface area contributed by atoms with Crippen molar-refractivity contribution in [3.8, 4) is 11.8 Å². The lowest BCUT2D eigenvalue weighted by molar-refractivity contribution is 0.350. The quantitative estimate of drug-likeness (QED) is 0.714. The standard InChI is InChI=1S/C12H11N3O3S/c16-6-2-4-10-3-1-5-12(7-10)19(17,18)15-11-8-13-14-9-11/h1,3,5,7-9,15-16H,6H2,(H,13,14). The van der Waals surface area contributed by atoms with Crippen molar-refractivity contribution in [2.24, 2.45) is 0 Å². The summed E-state index contributed by atoms with van der Waals surface area (Å²) in [6, 6.07) is 6.16. The van der Waals surface area contributed by atoms with E-state index in [-0.39, 0.29) is 11.5 Å². The third-order valence-electron chi connectivity index (χ3n) is 2.21. The molecule has 1 aromatic heterocycles. The molecule has 0 radical (unpaired) electrons. The van der Waals surface area contributed by atoms with E-state index in [2.05, 4.69) is 26.8 Å². The van der Waals surface area contributed by atoms with Gasteiger partial charge in [-0.15, -0.1) is 0 Å². The van der Waals surface area contributed by atoms with Crippen LogP contribution in [0.4, 0.5) is 5.69 Å². The Morgan fingerprint density at radius 3 is 2.95 bits per heavy atom. The molecular formula is C12H11N3O3S. The Hall–Kier alpha value is -2.30. The Labute approximate surface area is 110 Å². The molecule has 0 atom stereocenters. The molecule has 0 amide bonds. The summed E-state index contributed by atoms with van der Waals surface area (Å²) < 4.78 is 26.5. The van der Waals surface area contributed by atoms with Gasteiger partial charge in [0.15, 0.2) is 0 Å². The van der Waals surface area contributed by atoms with Crippen LogP contribution < -0.4 is 4.72 Å². The number of rotatable bonds is 3. The summed E-state index contributed by atoms with van der Waals surface area (Å²) in [4.78, 5) is 0.0958. The van der Waals surface area contributed by atoms with Crippen molar-refractivity contribution in [2.45, 2.75) is 4.90 Å². The highest BCUT2D eigenvalue weighted by molar-refractivity contribution is 7.92. The molecule has 1 heterocycles. The van der Waals surface area contributed by atoms with Crippen LogP contribution in [0.5, 0.6) is 0 Å². The lowest BCUT2D eigenvalue weighted by Gasteiger charge is -2.05. The molecule has 0 saturated carbocycles. The van der Waals surface area contributed by atoms with E-state index >= 15 is 0 Å². The largest absolute Gasteiger partial charge is 0.384 e. The van der Waals surface area contributed by atoms with Crippen LogP contribution in [0.3, 0.4) is 0 Å². The van der Waals surface area contributed by atoms with Crippen molar-refractivity contribution < 1.29 is 13.5 Å². The zero-order valence-corrected chi connectivity index (χ0v) is 10.6. The molecule has 19 heavy (non-hydrogen) atoms. The van der Waals surface area contributed by atoms with Gasteiger partial charge in [-0.05, 0) is 18.2 Å². The number of aromatic nitrogens is 2. The van der Waals surface area contributed by atoms with Gasteiger partial charge in [-0.25, -0.2) is 8.42 Å². The topological polar surface area (TPSA) is 95.1 Å². The fourth-order valence-corrected chi connectivity index (χ4v) is 2.48. The highest BCUT2D eigenvalue weighted by Gasteiger charge is 2.14. The predicted octanol–water partition coefficient (Wildman–Crippen LogP) is 0.554. The monoisotopic (exact) mass is 277 g/mol. The van der Waals surface area contributed by atoms with Gasteiger partial charge >= 0.3 is 0 Å². The molecule has 1 aromatic carbocycles. The summed E-state index contributed by atoms with van der Waals surface area (Å²) in [5.41, 5.74) is 0.871. The minimum atomic E-state index is -3.67. The van der Waals surface area contributed by atoms with Crippen molar-refractivity contribution in [1.82, 2.24) is 10.2 Å². The number of sulfonamides is 1. The Morgan fingerprint density at radius 1 is 1.42 bits per heavy atom. The molecule has 0 aliphatic rings. The van der Waals surface area contributed by atoms with Crippen LogP contribution in [0.15, 0.2) is 41.6 Å². The van der Waals surface area contributed by atoms with Crippen molar-refractivity contribution >= 4 is 15.7 Å². The van der Waals surface area contributed by atoms with Crippen LogP contribution >= 0.6 is 0 Å². The maximum Gasteiger partial charge on any atom is 0.262 e. The molecular weight excluding hydrogens is 266 g/mol. The number of aliphatic hydroxyl groups excluding tert-OH is 1. The summed E-state index contributed by atoms with van der Waals surface area (Å²) in [6.07, 6.45) is 2.81. The molecule has 3 N–H and O–H groups in total. The Balaban J connectivity index is 2.30. The van der Waals surface area contributed by atoms with E-state index in [1.54, 1.807) is 12.1 Å². The van der Waals surface area contributed by atoms with Gasteiger partial charge in [0.1, 0.15) is 6.61 Å². The first kappa shape index (κ1) is 13.1. The fraction of sp³-hybridized carbons (Fsp3) is 0.0833. The highest BCUT2D eigenvalue weighted by Crippen LogP contribution is 2.15. The van der Waals surface area contributed by atoms with Crippen LogP contribution in [-0.2, 0) is 10.0 Å². The van der Waals surface area contributed by atoms with Crippen molar-refractivity contribution in [1.29, 1.82) is 0 Å². The molecule has 98 valence electrons. The van der Waals surface area contributed by atoms with E-state index in [4.69, 9.17) is 5.11 Å². The van der Waals surface area contributed by atoms with Gasteiger partial charge in [-0.1, -0.05) is 17.9 Å². The van der Waals surface area contributed by atoms with Gasteiger partial charge < -0.3 is 5.11 Å². The van der Waals surface area contributed by atoms with Crippen molar-refractivity contribution in [3.63, 3.8) is 0 Å². The van der Waals surface area contributed by atoms with Gasteiger partial charge in [-0.3, -0.25) is 9.82 Å². The number of aliphatic hydroxyl groups is 1. The zero-order chi connectivity index (χ0) is 13.7. The molecule has 0 bridgehead atoms. The fourth-order valence-electron chi connectivity index (χ4n) is 1.40. The maximum absolute atomic E-state index is 12.1. The van der Waals surface area contributed by atoms with Crippen LogP contribution in [0, 0.1) is 11.8 Å². The Bertz CT molecular complexity index is 712. The number of anilines is 1. The average Bonchev–Trinajstić information content (AvgIpc) is 2.89. The number of aromatic amines is 1. The molecule has 0 aliphatic carbocycles. The lowest BCUT2D eigenvalue weighted by atomic mass is 10.2. The summed E-state index contributed by atoms with van der Waals surface area (Å²) in [6.45, 7) is -0.274. The number of H-pyrrole nitrogens is 1. The maximum atomic E-state index is 12.1. The van der Waals surface area contributed by atoms with Crippen LogP contribution in [0.25, 0.3) is 0 Å². The van der Waals surface area contributed by atoms with Gasteiger partial charge in [0.05, 0.1) is 16.8 Å². The number of nitrogens with one attached hydrogen (secondary N) is 2. The second kappa shape index (κ2) is 5.56. The SMILES string of the molecule is O=S(=O)(Nc1cn[nH]c1)c1cccc(C#CCO)c1. The smallest absolute Gasteiger partial charge is 0.262 e. The number of hydrogen-bond donors (Lipinski definition) is 3. The summed E-state index contributed by atoms with van der Waals surface area (Å²) >= 11 is 0. The number of benzene rings is 1. The van der Waals surface area contributed by atoms with Crippen molar-refractivity contribution in [3.05, 3.63) is 42.2 Å². The highest BCUT2D eigenvalue weighted by atomic mass is 32.2. The zero-order valence-electron chi connectivity index (χ0n) is 9.79. The predicted molar refractivity (Wildman–Crippen MR) is 69.8 cm³/mol. The minimum Gasteiger partial charge on any atom is -0.384 e. The van der Waals surface area contributed by atoms with Gasteiger partial charge in [0.25, 0.3) is 10.0 Å². The van der Waals surface area contributed by atoms with E-state index in [9.17, 15) is 8.42 Å². The van der Waals surface area contributed by atoms with E-state index in [0.717, 1.165) is 0 Å². The molecule has 0 fully saturated rings. The third-order valence-corrected chi connectivity index (χ3v) is 3.59. The second-order valence-electron chi connectivity index (χ2n) is 3.58. The number of nitrogens with zero attached hydrogens (tertiary/aromatic N) is 1. The third kappa shape index (κ3) is 3.34. The first-order chi connectivity index (χ1) is 9.12. The van der Waals surface area contributed by atoms with Crippen molar-refractivity contribution in [2.75, 3.05) is 11.3 Å². The molecule has 2 aromatic rings. The average molecular weight is 277 g/mol. The Morgan fingerprint density at radius 2 is 2.26 bits per heavy atom. The van der Waals surface area contributed by atoms with E-state index in [0.29, 0.717) is 11.3 Å². The van der Waals surface area contributed by atoms with E-state index < -0.39 is 10.0 Å². The number of hydrogen-bond acceptors (Lipinski definition) is 4. The lowest BCUT2D eigenvalue weighted by Crippen LogP contribution is -2.12. The first-order valence-electron chi connectivity index (χ1n) is 5.33. The molecule has 6 nitrogen and oxygen atoms in total. The molecule has 0 unspecified atom stereocenters. The van der Waals surface area contributed by atoms with E-state index in [1.807, 2.05) is 0 Å².